The van der Waals surface area contributed by atoms with Crippen LogP contribution < -0.4 is 10.6 Å². The molecule has 2 aromatic heterocycles. The van der Waals surface area contributed by atoms with E-state index < -0.39 is 0 Å². The van der Waals surface area contributed by atoms with Gasteiger partial charge in [0.25, 0.3) is 5.89 Å². The lowest BCUT2D eigenvalue weighted by Gasteiger charge is -2.11. The highest BCUT2D eigenvalue weighted by atomic mass is 16.5. The first-order valence-electron chi connectivity index (χ1n) is 10.2. The van der Waals surface area contributed by atoms with Crippen LogP contribution >= 0.6 is 0 Å². The predicted molar refractivity (Wildman–Crippen MR) is 113 cm³/mol. The monoisotopic (exact) mass is 395 g/mol. The maximum atomic E-state index is 5.39. The highest BCUT2D eigenvalue weighted by molar-refractivity contribution is 5.79. The van der Waals surface area contributed by atoms with Crippen LogP contribution in [0.15, 0.2) is 52.2 Å². The van der Waals surface area contributed by atoms with Crippen LogP contribution in [-0.2, 0) is 19.5 Å². The molecule has 0 saturated heterocycles. The van der Waals surface area contributed by atoms with E-state index >= 15 is 0 Å². The van der Waals surface area contributed by atoms with Crippen LogP contribution in [0.5, 0.6) is 0 Å². The second kappa shape index (κ2) is 11.0. The number of aromatic nitrogens is 4. The molecule has 0 radical (unpaired) electrons. The maximum Gasteiger partial charge on any atom is 0.257 e. The number of nitrogens with one attached hydrogen (secondary N) is 2. The molecule has 0 aliphatic rings. The molecule has 0 saturated carbocycles. The Labute approximate surface area is 171 Å². The smallest absolute Gasteiger partial charge is 0.257 e. The van der Waals surface area contributed by atoms with Crippen molar-refractivity contribution in [2.24, 2.45) is 4.99 Å². The third-order valence-corrected chi connectivity index (χ3v) is 4.30. The lowest BCUT2D eigenvalue weighted by atomic mass is 10.1. The van der Waals surface area contributed by atoms with Crippen molar-refractivity contribution in [2.45, 2.75) is 46.2 Å². The molecule has 154 valence electrons. The molecular formula is C21H29N7O. The van der Waals surface area contributed by atoms with Gasteiger partial charge in [0.2, 0.25) is 0 Å². The fourth-order valence-corrected chi connectivity index (χ4v) is 2.89. The standard InChI is InChI=1S/C21H29N7O/c1-3-8-19-26-20(29-27-19)18-10-5-9-17(15-18)16-24-21(22-4-2)23-11-6-13-28-14-7-12-25-28/h5,7,9-10,12,14-15H,3-4,6,8,11,13,16H2,1-2H3,(H2,22,23,24). The molecule has 3 aromatic rings. The van der Waals surface area contributed by atoms with Crippen molar-refractivity contribution in [3.63, 3.8) is 0 Å². The van der Waals surface area contributed by atoms with Crippen molar-refractivity contribution in [2.75, 3.05) is 13.1 Å². The molecule has 0 spiro atoms. The molecule has 0 atom stereocenters. The summed E-state index contributed by atoms with van der Waals surface area (Å²) in [6.45, 7) is 7.25. The Kier molecular flexibility index (Phi) is 7.80. The summed E-state index contributed by atoms with van der Waals surface area (Å²) < 4.78 is 7.32. The first-order valence-corrected chi connectivity index (χ1v) is 10.2. The minimum absolute atomic E-state index is 0.558. The summed E-state index contributed by atoms with van der Waals surface area (Å²) >= 11 is 0. The molecule has 0 fully saturated rings. The topological polar surface area (TPSA) is 93.2 Å². The highest BCUT2D eigenvalue weighted by Gasteiger charge is 2.08. The molecule has 3 rings (SSSR count). The van der Waals surface area contributed by atoms with Gasteiger partial charge in [0.15, 0.2) is 11.8 Å². The molecule has 0 aliphatic carbocycles. The van der Waals surface area contributed by atoms with E-state index in [1.807, 2.05) is 35.1 Å². The third-order valence-electron chi connectivity index (χ3n) is 4.30. The Morgan fingerprint density at radius 3 is 2.93 bits per heavy atom. The summed E-state index contributed by atoms with van der Waals surface area (Å²) in [5.74, 6) is 2.11. The molecule has 0 unspecified atom stereocenters. The number of hydrogen-bond acceptors (Lipinski definition) is 5. The van der Waals surface area contributed by atoms with Crippen molar-refractivity contribution in [1.82, 2.24) is 30.6 Å². The number of guanidine groups is 1. The van der Waals surface area contributed by atoms with E-state index in [1.54, 1.807) is 6.20 Å². The van der Waals surface area contributed by atoms with Crippen LogP contribution in [-0.4, -0.2) is 39.0 Å². The van der Waals surface area contributed by atoms with Gasteiger partial charge in [-0.25, -0.2) is 4.99 Å². The van der Waals surface area contributed by atoms with Gasteiger partial charge < -0.3 is 15.2 Å². The first kappa shape index (κ1) is 20.6. The number of hydrogen-bond donors (Lipinski definition) is 2. The lowest BCUT2D eigenvalue weighted by Crippen LogP contribution is -2.38. The van der Waals surface area contributed by atoms with Gasteiger partial charge in [0.05, 0.1) is 6.54 Å². The van der Waals surface area contributed by atoms with Gasteiger partial charge in [0, 0.05) is 44.0 Å². The molecule has 2 N–H and O–H groups in total. The minimum atomic E-state index is 0.558. The van der Waals surface area contributed by atoms with E-state index in [9.17, 15) is 0 Å². The van der Waals surface area contributed by atoms with Crippen LogP contribution in [0.4, 0.5) is 0 Å². The Hall–Kier alpha value is -3.16. The van der Waals surface area contributed by atoms with Crippen LogP contribution in [0, 0.1) is 0 Å². The average molecular weight is 396 g/mol. The predicted octanol–water partition coefficient (Wildman–Crippen LogP) is 3.03. The zero-order chi connectivity index (χ0) is 20.3. The maximum absolute atomic E-state index is 5.39. The van der Waals surface area contributed by atoms with E-state index in [1.165, 1.54) is 0 Å². The highest BCUT2D eigenvalue weighted by Crippen LogP contribution is 2.19. The normalized spacial score (nSPS) is 11.6. The quantitative estimate of drug-likeness (QED) is 0.311. The van der Waals surface area contributed by atoms with Crippen LogP contribution in [0.2, 0.25) is 0 Å². The second-order valence-electron chi connectivity index (χ2n) is 6.71. The Morgan fingerprint density at radius 1 is 1.21 bits per heavy atom. The van der Waals surface area contributed by atoms with E-state index in [0.29, 0.717) is 12.4 Å². The van der Waals surface area contributed by atoms with Gasteiger partial charge in [0.1, 0.15) is 0 Å². The lowest BCUT2D eigenvalue weighted by molar-refractivity contribution is 0.422. The largest absolute Gasteiger partial charge is 0.357 e. The van der Waals surface area contributed by atoms with E-state index in [2.05, 4.69) is 45.8 Å². The average Bonchev–Trinajstić information content (AvgIpc) is 3.42. The first-order chi connectivity index (χ1) is 14.3. The Balaban J connectivity index is 1.56. The molecular weight excluding hydrogens is 366 g/mol. The van der Waals surface area contributed by atoms with E-state index in [-0.39, 0.29) is 0 Å². The summed E-state index contributed by atoms with van der Waals surface area (Å²) in [5, 5.41) is 14.9. The van der Waals surface area contributed by atoms with Gasteiger partial charge in [-0.15, -0.1) is 0 Å². The van der Waals surface area contributed by atoms with Gasteiger partial charge in [-0.2, -0.15) is 10.1 Å². The van der Waals surface area contributed by atoms with Crippen molar-refractivity contribution in [3.05, 3.63) is 54.1 Å². The van der Waals surface area contributed by atoms with Crippen molar-refractivity contribution >= 4 is 5.96 Å². The van der Waals surface area contributed by atoms with E-state index in [0.717, 1.165) is 61.8 Å². The number of rotatable bonds is 10. The fraction of sp³-hybridized carbons (Fsp3) is 0.429. The number of aryl methyl sites for hydroxylation is 2. The molecule has 2 heterocycles. The summed E-state index contributed by atoms with van der Waals surface area (Å²) in [5.41, 5.74) is 2.01. The number of benzene rings is 1. The van der Waals surface area contributed by atoms with Crippen molar-refractivity contribution in [1.29, 1.82) is 0 Å². The Bertz CT molecular complexity index is 886. The molecule has 29 heavy (non-hydrogen) atoms. The van der Waals surface area contributed by atoms with Gasteiger partial charge in [-0.05, 0) is 43.5 Å². The van der Waals surface area contributed by atoms with Crippen LogP contribution in [0.1, 0.15) is 38.1 Å². The summed E-state index contributed by atoms with van der Waals surface area (Å²) in [6.07, 6.45) is 6.56. The molecule has 0 aliphatic heterocycles. The molecule has 0 bridgehead atoms. The zero-order valence-corrected chi connectivity index (χ0v) is 17.1. The van der Waals surface area contributed by atoms with Crippen molar-refractivity contribution < 1.29 is 4.52 Å². The zero-order valence-electron chi connectivity index (χ0n) is 17.1. The summed E-state index contributed by atoms with van der Waals surface area (Å²) in [4.78, 5) is 9.15. The number of nitrogens with zero attached hydrogens (tertiary/aromatic N) is 5. The molecule has 1 aromatic carbocycles. The fourth-order valence-electron chi connectivity index (χ4n) is 2.89. The van der Waals surface area contributed by atoms with Crippen molar-refractivity contribution in [3.8, 4) is 11.5 Å². The summed E-state index contributed by atoms with van der Waals surface area (Å²) in [7, 11) is 0. The molecule has 8 heteroatoms. The third kappa shape index (κ3) is 6.44. The van der Waals surface area contributed by atoms with Gasteiger partial charge in [-0.1, -0.05) is 24.2 Å². The molecule has 0 amide bonds. The summed E-state index contributed by atoms with van der Waals surface area (Å²) in [6, 6.07) is 10.0. The minimum Gasteiger partial charge on any atom is -0.357 e. The SMILES string of the molecule is CCCc1noc(-c2cccc(CN=C(NCC)NCCCn3cccn3)c2)n1. The second-order valence-corrected chi connectivity index (χ2v) is 6.71. The van der Waals surface area contributed by atoms with Gasteiger partial charge >= 0.3 is 0 Å². The number of aliphatic imine (C=N–C) groups is 1. The van der Waals surface area contributed by atoms with Crippen LogP contribution in [0.3, 0.4) is 0 Å². The van der Waals surface area contributed by atoms with Gasteiger partial charge in [-0.3, -0.25) is 4.68 Å². The van der Waals surface area contributed by atoms with Crippen LogP contribution in [0.25, 0.3) is 11.5 Å². The Morgan fingerprint density at radius 2 is 2.14 bits per heavy atom. The molecule has 8 nitrogen and oxygen atoms in total. The van der Waals surface area contributed by atoms with E-state index in [4.69, 9.17) is 9.52 Å².